The number of rotatable bonds is 3. The molecule has 1 atom stereocenters. The van der Waals surface area contributed by atoms with Crippen molar-refractivity contribution in [1.82, 2.24) is 19.6 Å². The first-order valence-electron chi connectivity index (χ1n) is 7.12. The Labute approximate surface area is 141 Å². The van der Waals surface area contributed by atoms with Crippen LogP contribution in [0.4, 0.5) is 5.69 Å². The highest BCUT2D eigenvalue weighted by molar-refractivity contribution is 8.00. The molecule has 0 aliphatic carbocycles. The van der Waals surface area contributed by atoms with Gasteiger partial charge in [-0.1, -0.05) is 35.5 Å². The monoisotopic (exact) mass is 345 g/mol. The van der Waals surface area contributed by atoms with E-state index in [0.717, 1.165) is 12.1 Å². The molecule has 1 aliphatic heterocycles. The topological polar surface area (TPSA) is 63.4 Å². The van der Waals surface area contributed by atoms with Gasteiger partial charge in [0.15, 0.2) is 0 Å². The lowest BCUT2D eigenvalue weighted by atomic mass is 10.3. The van der Waals surface area contributed by atoms with E-state index < -0.39 is 0 Å². The third-order valence-corrected chi connectivity index (χ3v) is 5.07. The van der Waals surface area contributed by atoms with Crippen molar-refractivity contribution in [2.75, 3.05) is 11.4 Å². The van der Waals surface area contributed by atoms with E-state index in [9.17, 15) is 4.79 Å². The summed E-state index contributed by atoms with van der Waals surface area (Å²) >= 11 is 7.57. The third-order valence-electron chi connectivity index (χ3n) is 3.64. The van der Waals surface area contributed by atoms with Crippen LogP contribution in [0.1, 0.15) is 6.42 Å². The van der Waals surface area contributed by atoms with Crippen molar-refractivity contribution in [2.24, 2.45) is 0 Å². The average Bonchev–Trinajstić information content (AvgIpc) is 3.12. The predicted octanol–water partition coefficient (Wildman–Crippen LogP) is 2.68. The van der Waals surface area contributed by atoms with Crippen LogP contribution in [0.2, 0.25) is 5.02 Å². The maximum Gasteiger partial charge on any atom is 0.253 e. The number of carbonyl (C=O) groups excluding carboxylic acids is 1. The molecule has 0 spiro atoms. The van der Waals surface area contributed by atoms with Crippen molar-refractivity contribution in [3.05, 3.63) is 47.7 Å². The number of hydrogen-bond acceptors (Lipinski definition) is 5. The summed E-state index contributed by atoms with van der Waals surface area (Å²) < 4.78 is 1.60. The molecule has 0 N–H and O–H groups in total. The van der Waals surface area contributed by atoms with E-state index in [0.29, 0.717) is 22.5 Å². The molecule has 0 radical (unpaired) electrons. The van der Waals surface area contributed by atoms with Crippen molar-refractivity contribution >= 4 is 40.7 Å². The molecule has 2 aromatic heterocycles. The van der Waals surface area contributed by atoms with Crippen molar-refractivity contribution in [2.45, 2.75) is 16.8 Å². The molecule has 8 heteroatoms. The van der Waals surface area contributed by atoms with E-state index in [1.807, 2.05) is 18.2 Å². The molecule has 3 heterocycles. The summed E-state index contributed by atoms with van der Waals surface area (Å²) in [6, 6.07) is 9.17. The summed E-state index contributed by atoms with van der Waals surface area (Å²) in [5.74, 6) is 0.568. The zero-order valence-corrected chi connectivity index (χ0v) is 13.5. The number of para-hydroxylation sites is 1. The minimum absolute atomic E-state index is 0.0370. The largest absolute Gasteiger partial charge is 0.310 e. The van der Waals surface area contributed by atoms with E-state index in [1.165, 1.54) is 11.8 Å². The van der Waals surface area contributed by atoms with Crippen LogP contribution in [0.3, 0.4) is 0 Å². The fourth-order valence-corrected chi connectivity index (χ4v) is 3.78. The molecule has 0 bridgehead atoms. The summed E-state index contributed by atoms with van der Waals surface area (Å²) in [6.07, 6.45) is 4.18. The van der Waals surface area contributed by atoms with Crippen LogP contribution in [0.15, 0.2) is 47.9 Å². The maximum absolute atomic E-state index is 12.6. The molecule has 1 aliphatic rings. The molecule has 116 valence electrons. The summed E-state index contributed by atoms with van der Waals surface area (Å²) in [4.78, 5) is 22.8. The number of nitrogens with zero attached hydrogens (tertiary/aromatic N) is 5. The molecule has 3 aromatic rings. The van der Waals surface area contributed by atoms with Crippen LogP contribution >= 0.6 is 23.4 Å². The molecule has 1 amide bonds. The van der Waals surface area contributed by atoms with Gasteiger partial charge < -0.3 is 4.90 Å². The fourth-order valence-electron chi connectivity index (χ4n) is 2.56. The molecule has 23 heavy (non-hydrogen) atoms. The van der Waals surface area contributed by atoms with Crippen LogP contribution in [0, 0.1) is 0 Å². The normalized spacial score (nSPS) is 18.0. The number of aromatic nitrogens is 4. The third kappa shape index (κ3) is 2.66. The quantitative estimate of drug-likeness (QED) is 0.730. The second-order valence-corrected chi connectivity index (χ2v) is 6.67. The van der Waals surface area contributed by atoms with Crippen molar-refractivity contribution < 1.29 is 4.79 Å². The summed E-state index contributed by atoms with van der Waals surface area (Å²) in [5, 5.41) is 5.27. The molecule has 1 fully saturated rings. The molecule has 0 saturated carbocycles. The number of hydrogen-bond donors (Lipinski definition) is 0. The summed E-state index contributed by atoms with van der Waals surface area (Å²) in [7, 11) is 0. The number of amides is 1. The lowest BCUT2D eigenvalue weighted by Crippen LogP contribution is -2.28. The minimum Gasteiger partial charge on any atom is -0.310 e. The zero-order chi connectivity index (χ0) is 15.8. The Hall–Kier alpha value is -2.12. The molecule has 6 nitrogen and oxygen atoms in total. The SMILES string of the molecule is O=C1C(Sc2nc3ncccn3n2)CCN1c1ccccc1Cl. The van der Waals surface area contributed by atoms with Crippen LogP contribution in [0.5, 0.6) is 0 Å². The van der Waals surface area contributed by atoms with Gasteiger partial charge in [0.05, 0.1) is 16.0 Å². The van der Waals surface area contributed by atoms with Gasteiger partial charge in [0, 0.05) is 18.9 Å². The van der Waals surface area contributed by atoms with Gasteiger partial charge in [0.2, 0.25) is 11.1 Å². The average molecular weight is 346 g/mol. The van der Waals surface area contributed by atoms with Gasteiger partial charge in [0.1, 0.15) is 0 Å². The van der Waals surface area contributed by atoms with E-state index in [4.69, 9.17) is 11.6 Å². The molecule has 1 saturated heterocycles. The second kappa shape index (κ2) is 5.82. The first-order chi connectivity index (χ1) is 11.2. The highest BCUT2D eigenvalue weighted by Crippen LogP contribution is 2.34. The highest BCUT2D eigenvalue weighted by atomic mass is 35.5. The molecular formula is C15H12ClN5OS. The van der Waals surface area contributed by atoms with Crippen molar-refractivity contribution in [3.63, 3.8) is 0 Å². The maximum atomic E-state index is 12.6. The van der Waals surface area contributed by atoms with Gasteiger partial charge in [-0.3, -0.25) is 4.79 Å². The lowest BCUT2D eigenvalue weighted by molar-refractivity contribution is -0.116. The number of benzene rings is 1. The van der Waals surface area contributed by atoms with E-state index in [-0.39, 0.29) is 11.2 Å². The standard InChI is InChI=1S/C15H12ClN5OS/c16-10-4-1-2-5-11(10)20-9-6-12(13(20)22)23-15-18-14-17-7-3-8-21(14)19-15/h1-5,7-8,12H,6,9H2. The Morgan fingerprint density at radius 3 is 2.96 bits per heavy atom. The Balaban J connectivity index is 1.55. The highest BCUT2D eigenvalue weighted by Gasteiger charge is 2.35. The Morgan fingerprint density at radius 1 is 1.26 bits per heavy atom. The van der Waals surface area contributed by atoms with Crippen LogP contribution < -0.4 is 4.90 Å². The van der Waals surface area contributed by atoms with Gasteiger partial charge >= 0.3 is 0 Å². The molecule has 4 rings (SSSR count). The number of carbonyl (C=O) groups is 1. The van der Waals surface area contributed by atoms with E-state index >= 15 is 0 Å². The van der Waals surface area contributed by atoms with Crippen molar-refractivity contribution in [1.29, 1.82) is 0 Å². The van der Waals surface area contributed by atoms with Crippen molar-refractivity contribution in [3.8, 4) is 0 Å². The number of anilines is 1. The smallest absolute Gasteiger partial charge is 0.253 e. The Morgan fingerprint density at radius 2 is 2.13 bits per heavy atom. The predicted molar refractivity (Wildman–Crippen MR) is 88.8 cm³/mol. The number of fused-ring (bicyclic) bond motifs is 1. The lowest BCUT2D eigenvalue weighted by Gasteiger charge is -2.17. The second-order valence-electron chi connectivity index (χ2n) is 5.10. The van der Waals surface area contributed by atoms with Gasteiger partial charge in [0.25, 0.3) is 5.78 Å². The Bertz CT molecular complexity index is 850. The van der Waals surface area contributed by atoms with Crippen LogP contribution in [0.25, 0.3) is 5.78 Å². The zero-order valence-electron chi connectivity index (χ0n) is 12.0. The van der Waals surface area contributed by atoms with Gasteiger partial charge in [-0.2, -0.15) is 4.98 Å². The molecule has 1 aromatic carbocycles. The summed E-state index contributed by atoms with van der Waals surface area (Å²) in [6.45, 7) is 0.645. The molecule has 1 unspecified atom stereocenters. The Kier molecular flexibility index (Phi) is 3.66. The first-order valence-corrected chi connectivity index (χ1v) is 8.38. The molecular weight excluding hydrogens is 334 g/mol. The van der Waals surface area contributed by atoms with Gasteiger partial charge in [-0.25, -0.2) is 9.50 Å². The first kappa shape index (κ1) is 14.5. The van der Waals surface area contributed by atoms with Crippen LogP contribution in [-0.2, 0) is 4.79 Å². The fraction of sp³-hybridized carbons (Fsp3) is 0.200. The minimum atomic E-state index is -0.205. The number of thioether (sulfide) groups is 1. The van der Waals surface area contributed by atoms with E-state index in [1.54, 1.807) is 33.9 Å². The van der Waals surface area contributed by atoms with Crippen LogP contribution in [-0.4, -0.2) is 37.3 Å². The van der Waals surface area contributed by atoms with E-state index in [2.05, 4.69) is 15.1 Å². The van der Waals surface area contributed by atoms with Gasteiger partial charge in [-0.15, -0.1) is 5.10 Å². The summed E-state index contributed by atoms with van der Waals surface area (Å²) in [5.41, 5.74) is 0.756. The van der Waals surface area contributed by atoms with Gasteiger partial charge in [-0.05, 0) is 24.6 Å². The number of halogens is 1.